The highest BCUT2D eigenvalue weighted by Gasteiger charge is 2.12. The first-order valence-corrected chi connectivity index (χ1v) is 9.33. The second-order valence-corrected chi connectivity index (χ2v) is 6.87. The fraction of sp³-hybridized carbons (Fsp3) is 0.471. The normalized spacial score (nSPS) is 10.6. The van der Waals surface area contributed by atoms with E-state index in [-0.39, 0.29) is 18.3 Å². The third-order valence-corrected chi connectivity index (χ3v) is 4.20. The van der Waals surface area contributed by atoms with Gasteiger partial charge in [-0.3, -0.25) is 4.79 Å². The second-order valence-electron chi connectivity index (χ2n) is 6.09. The fourth-order valence-corrected chi connectivity index (χ4v) is 2.96. The van der Waals surface area contributed by atoms with E-state index >= 15 is 0 Å². The smallest absolute Gasteiger partial charge is 0.251 e. The number of thioether (sulfide) groups is 1. The number of aromatic nitrogens is 3. The summed E-state index contributed by atoms with van der Waals surface area (Å²) >= 11 is 1.61. The monoisotopic (exact) mass is 383 g/mol. The average Bonchev–Trinajstić information content (AvgIpc) is 2.92. The average molecular weight is 384 g/mol. The van der Waals surface area contributed by atoms with Crippen molar-refractivity contribution in [1.82, 2.24) is 20.1 Å². The number of anilines is 1. The van der Waals surface area contributed by atoms with E-state index in [0.717, 1.165) is 30.4 Å². The number of amides is 1. The Bertz CT molecular complexity index is 689. The van der Waals surface area contributed by atoms with Crippen LogP contribution in [0.15, 0.2) is 29.4 Å². The number of nitrogens with one attached hydrogen (secondary N) is 1. The number of aryl methyl sites for hydroxylation is 1. The Labute approximate surface area is 159 Å². The molecule has 25 heavy (non-hydrogen) atoms. The van der Waals surface area contributed by atoms with Crippen LogP contribution in [0, 0.1) is 5.92 Å². The van der Waals surface area contributed by atoms with E-state index in [4.69, 9.17) is 5.73 Å². The number of carbonyl (C=O) groups is 1. The molecule has 0 radical (unpaired) electrons. The molecule has 6 nitrogen and oxygen atoms in total. The number of benzene rings is 1. The van der Waals surface area contributed by atoms with Gasteiger partial charge in [-0.2, -0.15) is 0 Å². The van der Waals surface area contributed by atoms with Crippen LogP contribution in [0.1, 0.15) is 36.5 Å². The van der Waals surface area contributed by atoms with Gasteiger partial charge in [-0.15, -0.1) is 22.6 Å². The van der Waals surface area contributed by atoms with Gasteiger partial charge >= 0.3 is 0 Å². The van der Waals surface area contributed by atoms with Gasteiger partial charge in [0.15, 0.2) is 5.16 Å². The Morgan fingerprint density at radius 1 is 1.36 bits per heavy atom. The number of rotatable bonds is 8. The van der Waals surface area contributed by atoms with Crippen molar-refractivity contribution in [3.63, 3.8) is 0 Å². The Hall–Kier alpha value is -1.73. The molecule has 0 atom stereocenters. The first-order valence-electron chi connectivity index (χ1n) is 8.11. The van der Waals surface area contributed by atoms with Gasteiger partial charge in [0.05, 0.1) is 0 Å². The van der Waals surface area contributed by atoms with Crippen LogP contribution in [0.2, 0.25) is 0 Å². The second kappa shape index (κ2) is 10.3. The van der Waals surface area contributed by atoms with Crippen molar-refractivity contribution in [3.05, 3.63) is 35.7 Å². The zero-order valence-corrected chi connectivity index (χ0v) is 16.5. The number of carbonyl (C=O) groups excluding carboxylic acids is 1. The summed E-state index contributed by atoms with van der Waals surface area (Å²) in [4.78, 5) is 12.1. The molecular formula is C17H26ClN5OS. The van der Waals surface area contributed by atoms with E-state index in [2.05, 4.69) is 33.9 Å². The first kappa shape index (κ1) is 21.3. The highest BCUT2D eigenvalue weighted by molar-refractivity contribution is 7.98. The van der Waals surface area contributed by atoms with Crippen molar-refractivity contribution < 1.29 is 4.79 Å². The molecule has 3 N–H and O–H groups in total. The molecule has 0 bridgehead atoms. The van der Waals surface area contributed by atoms with Crippen molar-refractivity contribution >= 4 is 35.8 Å². The molecule has 0 unspecified atom stereocenters. The molecule has 2 aromatic rings. The third kappa shape index (κ3) is 6.25. The molecule has 1 aromatic heterocycles. The lowest BCUT2D eigenvalue weighted by Crippen LogP contribution is -2.25. The lowest BCUT2D eigenvalue weighted by Gasteiger charge is -2.11. The molecule has 0 saturated carbocycles. The summed E-state index contributed by atoms with van der Waals surface area (Å²) < 4.78 is 2.18. The van der Waals surface area contributed by atoms with Crippen LogP contribution in [0.25, 0.3) is 0 Å². The van der Waals surface area contributed by atoms with Gasteiger partial charge in [-0.25, -0.2) is 0 Å². The molecule has 0 aliphatic rings. The molecule has 0 aliphatic carbocycles. The lowest BCUT2D eigenvalue weighted by molar-refractivity contribution is 0.0953. The van der Waals surface area contributed by atoms with Gasteiger partial charge in [0.25, 0.3) is 5.91 Å². The number of halogens is 1. The summed E-state index contributed by atoms with van der Waals surface area (Å²) in [6, 6.07) is 6.99. The predicted octanol–water partition coefficient (Wildman–Crippen LogP) is 3.02. The fourth-order valence-electron chi connectivity index (χ4n) is 2.43. The summed E-state index contributed by atoms with van der Waals surface area (Å²) in [6.07, 6.45) is 3.62. The van der Waals surface area contributed by atoms with Crippen LogP contribution in [-0.4, -0.2) is 33.5 Å². The maximum atomic E-state index is 12.1. The summed E-state index contributed by atoms with van der Waals surface area (Å²) in [5, 5.41) is 12.4. The van der Waals surface area contributed by atoms with E-state index in [0.29, 0.717) is 23.7 Å². The Kier molecular flexibility index (Phi) is 8.78. The predicted molar refractivity (Wildman–Crippen MR) is 105 cm³/mol. The molecule has 1 amide bonds. The molecular weight excluding hydrogens is 358 g/mol. The van der Waals surface area contributed by atoms with Gasteiger partial charge in [0.2, 0.25) is 0 Å². The van der Waals surface area contributed by atoms with Crippen LogP contribution >= 0.6 is 24.2 Å². The minimum atomic E-state index is -0.101. The maximum Gasteiger partial charge on any atom is 0.251 e. The highest BCUT2D eigenvalue weighted by atomic mass is 35.5. The zero-order chi connectivity index (χ0) is 17.5. The topological polar surface area (TPSA) is 85.8 Å². The quantitative estimate of drug-likeness (QED) is 0.415. The van der Waals surface area contributed by atoms with Crippen molar-refractivity contribution in [2.75, 3.05) is 18.5 Å². The molecule has 0 aliphatic heterocycles. The van der Waals surface area contributed by atoms with Crippen molar-refractivity contribution in [3.8, 4) is 0 Å². The molecule has 0 saturated heterocycles. The van der Waals surface area contributed by atoms with Crippen LogP contribution in [0.3, 0.4) is 0 Å². The van der Waals surface area contributed by atoms with Crippen LogP contribution in [0.4, 0.5) is 5.69 Å². The standard InChI is InChI=1S/C17H25N5OS.ClH/c1-12(2)11-22-15(20-21-17(22)24-3)8-5-9-19-16(23)13-6-4-7-14(18)10-13;/h4,6-7,10,12H,5,8-9,11,18H2,1-3H3,(H,19,23);1H. The van der Waals surface area contributed by atoms with Crippen molar-refractivity contribution in [2.45, 2.75) is 38.4 Å². The molecule has 0 fully saturated rings. The van der Waals surface area contributed by atoms with Gasteiger partial charge < -0.3 is 15.6 Å². The van der Waals surface area contributed by atoms with Gasteiger partial charge in [-0.05, 0) is 36.8 Å². The van der Waals surface area contributed by atoms with Gasteiger partial charge in [0, 0.05) is 30.8 Å². The van der Waals surface area contributed by atoms with E-state index in [1.54, 1.807) is 36.0 Å². The molecule has 1 heterocycles. The van der Waals surface area contributed by atoms with Crippen LogP contribution in [0.5, 0.6) is 0 Å². The molecule has 8 heteroatoms. The lowest BCUT2D eigenvalue weighted by atomic mass is 10.2. The van der Waals surface area contributed by atoms with Gasteiger partial charge in [-0.1, -0.05) is 31.7 Å². The molecule has 2 rings (SSSR count). The molecule has 1 aromatic carbocycles. The summed E-state index contributed by atoms with van der Waals surface area (Å²) in [5.74, 6) is 1.41. The number of hydrogen-bond acceptors (Lipinski definition) is 5. The largest absolute Gasteiger partial charge is 0.399 e. The third-order valence-electron chi connectivity index (χ3n) is 3.54. The van der Waals surface area contributed by atoms with E-state index in [9.17, 15) is 4.79 Å². The first-order chi connectivity index (χ1) is 11.5. The Morgan fingerprint density at radius 2 is 2.12 bits per heavy atom. The minimum Gasteiger partial charge on any atom is -0.399 e. The Balaban J connectivity index is 0.00000312. The summed E-state index contributed by atoms with van der Waals surface area (Å²) in [5.41, 5.74) is 6.88. The summed E-state index contributed by atoms with van der Waals surface area (Å²) in [6.45, 7) is 5.87. The molecule has 0 spiro atoms. The van der Waals surface area contributed by atoms with Crippen molar-refractivity contribution in [2.24, 2.45) is 5.92 Å². The Morgan fingerprint density at radius 3 is 2.76 bits per heavy atom. The van der Waals surface area contributed by atoms with E-state index in [1.165, 1.54) is 0 Å². The minimum absolute atomic E-state index is 0. The SMILES string of the molecule is CSc1nnc(CCCNC(=O)c2cccc(N)c2)n1CC(C)C.Cl. The van der Waals surface area contributed by atoms with E-state index in [1.807, 2.05) is 6.26 Å². The van der Waals surface area contributed by atoms with Crippen LogP contribution in [-0.2, 0) is 13.0 Å². The van der Waals surface area contributed by atoms with Crippen LogP contribution < -0.4 is 11.1 Å². The number of nitrogen functional groups attached to an aromatic ring is 1. The number of hydrogen-bond donors (Lipinski definition) is 2. The number of nitrogens with zero attached hydrogens (tertiary/aromatic N) is 3. The highest BCUT2D eigenvalue weighted by Crippen LogP contribution is 2.16. The molecule has 138 valence electrons. The van der Waals surface area contributed by atoms with E-state index < -0.39 is 0 Å². The summed E-state index contributed by atoms with van der Waals surface area (Å²) in [7, 11) is 0. The number of nitrogens with two attached hydrogens (primary N) is 1. The zero-order valence-electron chi connectivity index (χ0n) is 14.9. The van der Waals surface area contributed by atoms with Crippen molar-refractivity contribution in [1.29, 1.82) is 0 Å². The maximum absolute atomic E-state index is 12.1. The van der Waals surface area contributed by atoms with Gasteiger partial charge in [0.1, 0.15) is 5.82 Å².